The van der Waals surface area contributed by atoms with Gasteiger partial charge < -0.3 is 20.3 Å². The first-order valence-corrected chi connectivity index (χ1v) is 9.44. The van der Waals surface area contributed by atoms with Crippen LogP contribution in [0, 0.1) is 5.82 Å². The number of carbonyl (C=O) groups is 3. The van der Waals surface area contributed by atoms with Crippen LogP contribution in [0.2, 0.25) is 0 Å². The highest BCUT2D eigenvalue weighted by Crippen LogP contribution is 2.20. The van der Waals surface area contributed by atoms with Crippen LogP contribution in [0.5, 0.6) is 0 Å². The zero-order valence-electron chi connectivity index (χ0n) is 16.4. The maximum absolute atomic E-state index is 13.5. The average Bonchev–Trinajstić information content (AvgIpc) is 3.03. The number of carbonyl (C=O) groups excluding carboxylic acids is 2. The first-order chi connectivity index (χ1) is 14.3. The average molecular weight is 411 g/mol. The third-order valence-electron chi connectivity index (χ3n) is 4.78. The molecule has 1 heterocycles. The molecule has 0 aliphatic rings. The van der Waals surface area contributed by atoms with Gasteiger partial charge in [0.15, 0.2) is 0 Å². The lowest BCUT2D eigenvalue weighted by Crippen LogP contribution is -2.48. The Hall–Kier alpha value is -3.68. The van der Waals surface area contributed by atoms with Crippen LogP contribution < -0.4 is 10.6 Å². The Morgan fingerprint density at radius 3 is 2.53 bits per heavy atom. The molecule has 156 valence electrons. The molecule has 1 unspecified atom stereocenters. The van der Waals surface area contributed by atoms with E-state index in [-0.39, 0.29) is 25.1 Å². The summed E-state index contributed by atoms with van der Waals surface area (Å²) in [4.78, 5) is 36.2. The molecule has 2 amide bonds. The Morgan fingerprint density at radius 2 is 1.83 bits per heavy atom. The van der Waals surface area contributed by atoms with Crippen LogP contribution in [-0.4, -0.2) is 40.0 Å². The number of rotatable bonds is 8. The van der Waals surface area contributed by atoms with Gasteiger partial charge in [0.25, 0.3) is 5.91 Å². The Bertz CT molecular complexity index is 1080. The predicted molar refractivity (Wildman–Crippen MR) is 110 cm³/mol. The minimum Gasteiger partial charge on any atom is -0.481 e. The number of hydrogen-bond donors (Lipinski definition) is 3. The summed E-state index contributed by atoms with van der Waals surface area (Å²) in [6.45, 7) is -0.0390. The van der Waals surface area contributed by atoms with E-state index in [2.05, 4.69) is 10.6 Å². The second kappa shape index (κ2) is 9.21. The standard InChI is InChI=1S/C22H22FN3O4/c1-26-18-8-7-16(23)12-15(18)13-19(26)22(30)25-17(11-14-5-3-2-4-6-14)21(29)24-10-9-20(27)28/h2-8,12-13,17H,9-11H2,1H3,(H,24,29)(H,25,30)(H,27,28). The number of hydrogen-bond acceptors (Lipinski definition) is 3. The van der Waals surface area contributed by atoms with E-state index in [0.29, 0.717) is 10.9 Å². The molecule has 3 N–H and O–H groups in total. The fourth-order valence-electron chi connectivity index (χ4n) is 3.25. The molecule has 0 aliphatic heterocycles. The summed E-state index contributed by atoms with van der Waals surface area (Å²) in [5.41, 5.74) is 1.81. The predicted octanol–water partition coefficient (Wildman–Crippen LogP) is 2.25. The molecule has 0 radical (unpaired) electrons. The summed E-state index contributed by atoms with van der Waals surface area (Å²) in [7, 11) is 1.69. The van der Waals surface area contributed by atoms with Crippen molar-refractivity contribution in [3.8, 4) is 0 Å². The molecular formula is C22H22FN3O4. The summed E-state index contributed by atoms with van der Waals surface area (Å²) in [6, 6.07) is 14.1. The normalized spacial score (nSPS) is 11.8. The molecule has 30 heavy (non-hydrogen) atoms. The monoisotopic (exact) mass is 411 g/mol. The lowest BCUT2D eigenvalue weighted by Gasteiger charge is -2.19. The summed E-state index contributed by atoms with van der Waals surface area (Å²) < 4.78 is 15.1. The molecule has 1 atom stereocenters. The van der Waals surface area contributed by atoms with Gasteiger partial charge in [-0.2, -0.15) is 0 Å². The van der Waals surface area contributed by atoms with Crippen molar-refractivity contribution in [1.82, 2.24) is 15.2 Å². The van der Waals surface area contributed by atoms with Crippen LogP contribution in [0.15, 0.2) is 54.6 Å². The third-order valence-corrected chi connectivity index (χ3v) is 4.78. The van der Waals surface area contributed by atoms with Crippen molar-refractivity contribution in [3.63, 3.8) is 0 Å². The Kier molecular flexibility index (Phi) is 6.46. The van der Waals surface area contributed by atoms with Crippen molar-refractivity contribution in [1.29, 1.82) is 0 Å². The fraction of sp³-hybridized carbons (Fsp3) is 0.227. The van der Waals surface area contributed by atoms with Crippen LogP contribution in [-0.2, 0) is 23.1 Å². The first-order valence-electron chi connectivity index (χ1n) is 9.44. The van der Waals surface area contributed by atoms with E-state index < -0.39 is 29.6 Å². The van der Waals surface area contributed by atoms with Gasteiger partial charge in [-0.3, -0.25) is 14.4 Å². The second-order valence-corrected chi connectivity index (χ2v) is 6.94. The summed E-state index contributed by atoms with van der Waals surface area (Å²) in [5, 5.41) is 14.6. The minimum absolute atomic E-state index is 0.0390. The van der Waals surface area contributed by atoms with Gasteiger partial charge in [0.1, 0.15) is 17.6 Å². The van der Waals surface area contributed by atoms with Crippen LogP contribution in [0.25, 0.3) is 10.9 Å². The quantitative estimate of drug-likeness (QED) is 0.529. The van der Waals surface area contributed by atoms with Gasteiger partial charge in [0.2, 0.25) is 5.91 Å². The van der Waals surface area contributed by atoms with Gasteiger partial charge in [-0.25, -0.2) is 4.39 Å². The second-order valence-electron chi connectivity index (χ2n) is 6.94. The van der Waals surface area contributed by atoms with Crippen molar-refractivity contribution < 1.29 is 23.9 Å². The maximum atomic E-state index is 13.5. The number of halogens is 1. The summed E-state index contributed by atoms with van der Waals surface area (Å²) in [5.74, 6) is -2.39. The smallest absolute Gasteiger partial charge is 0.305 e. The number of carboxylic acids is 1. The van der Waals surface area contributed by atoms with Crippen molar-refractivity contribution in [2.75, 3.05) is 6.54 Å². The molecule has 2 aromatic carbocycles. The largest absolute Gasteiger partial charge is 0.481 e. The minimum atomic E-state index is -1.03. The zero-order chi connectivity index (χ0) is 21.7. The van der Waals surface area contributed by atoms with E-state index in [1.807, 2.05) is 30.3 Å². The Labute approximate surface area is 172 Å². The van der Waals surface area contributed by atoms with Gasteiger partial charge in [-0.1, -0.05) is 30.3 Å². The topological polar surface area (TPSA) is 100 Å². The van der Waals surface area contributed by atoms with Gasteiger partial charge in [-0.05, 0) is 29.8 Å². The molecule has 3 rings (SSSR count). The maximum Gasteiger partial charge on any atom is 0.305 e. The summed E-state index contributed by atoms with van der Waals surface area (Å²) >= 11 is 0. The lowest BCUT2D eigenvalue weighted by atomic mass is 10.0. The zero-order valence-corrected chi connectivity index (χ0v) is 16.4. The van der Waals surface area contributed by atoms with Crippen molar-refractivity contribution in [3.05, 3.63) is 71.7 Å². The fourth-order valence-corrected chi connectivity index (χ4v) is 3.25. The Morgan fingerprint density at radius 1 is 1.10 bits per heavy atom. The van der Waals surface area contributed by atoms with E-state index in [4.69, 9.17) is 5.11 Å². The molecule has 8 heteroatoms. The number of aryl methyl sites for hydroxylation is 1. The highest BCUT2D eigenvalue weighted by molar-refractivity contribution is 6.00. The van der Waals surface area contributed by atoms with Crippen LogP contribution in [0.4, 0.5) is 4.39 Å². The molecule has 7 nitrogen and oxygen atoms in total. The van der Waals surface area contributed by atoms with Gasteiger partial charge >= 0.3 is 5.97 Å². The number of aliphatic carboxylic acids is 1. The highest BCUT2D eigenvalue weighted by atomic mass is 19.1. The van der Waals surface area contributed by atoms with E-state index in [9.17, 15) is 18.8 Å². The van der Waals surface area contributed by atoms with E-state index in [1.54, 1.807) is 23.7 Å². The SMILES string of the molecule is Cn1c(C(=O)NC(Cc2ccccc2)C(=O)NCCC(=O)O)cc2cc(F)ccc21. The molecule has 0 spiro atoms. The Balaban J connectivity index is 1.80. The van der Waals surface area contributed by atoms with E-state index in [1.165, 1.54) is 12.1 Å². The van der Waals surface area contributed by atoms with Crippen LogP contribution in [0.3, 0.4) is 0 Å². The van der Waals surface area contributed by atoms with Crippen LogP contribution in [0.1, 0.15) is 22.5 Å². The number of nitrogens with one attached hydrogen (secondary N) is 2. The molecule has 3 aromatic rings. The molecular weight excluding hydrogens is 389 g/mol. The first kappa shape index (κ1) is 21.0. The van der Waals surface area contributed by atoms with E-state index in [0.717, 1.165) is 5.56 Å². The molecule has 0 fully saturated rings. The molecule has 0 saturated heterocycles. The van der Waals surface area contributed by atoms with Crippen LogP contribution >= 0.6 is 0 Å². The molecule has 1 aromatic heterocycles. The molecule has 0 bridgehead atoms. The van der Waals surface area contributed by atoms with Gasteiger partial charge in [0.05, 0.1) is 6.42 Å². The lowest BCUT2D eigenvalue weighted by molar-refractivity contribution is -0.137. The van der Waals surface area contributed by atoms with Crippen molar-refractivity contribution >= 4 is 28.7 Å². The molecule has 0 aliphatic carbocycles. The number of aromatic nitrogens is 1. The van der Waals surface area contributed by atoms with Gasteiger partial charge in [0, 0.05) is 30.9 Å². The molecule has 0 saturated carbocycles. The number of carboxylic acid groups (broad SMARTS) is 1. The van der Waals surface area contributed by atoms with E-state index >= 15 is 0 Å². The summed E-state index contributed by atoms with van der Waals surface area (Å²) in [6.07, 6.45) is 0.0244. The van der Waals surface area contributed by atoms with Crippen molar-refractivity contribution in [2.24, 2.45) is 7.05 Å². The number of fused-ring (bicyclic) bond motifs is 1. The highest BCUT2D eigenvalue weighted by Gasteiger charge is 2.23. The van der Waals surface area contributed by atoms with Crippen molar-refractivity contribution in [2.45, 2.75) is 18.9 Å². The number of benzene rings is 2. The number of amides is 2. The third kappa shape index (κ3) is 5.02. The van der Waals surface area contributed by atoms with Gasteiger partial charge in [-0.15, -0.1) is 0 Å². The number of nitrogens with zero attached hydrogens (tertiary/aromatic N) is 1.